The van der Waals surface area contributed by atoms with Gasteiger partial charge >= 0.3 is 5.97 Å². The molecule has 0 spiro atoms. The van der Waals surface area contributed by atoms with Crippen LogP contribution in [-0.4, -0.2) is 21.0 Å². The number of carboxylic acids is 1. The van der Waals surface area contributed by atoms with Gasteiger partial charge in [0.25, 0.3) is 0 Å². The SMILES string of the molecule is CCC(Nc1nc(C(=O)O)ccc1N)c1nccs1. The van der Waals surface area contributed by atoms with Crippen LogP contribution in [0, 0.1) is 0 Å². The number of nitrogens with zero attached hydrogens (tertiary/aromatic N) is 2. The Balaban J connectivity index is 2.26. The quantitative estimate of drug-likeness (QED) is 0.776. The molecule has 2 aromatic rings. The zero-order valence-corrected chi connectivity index (χ0v) is 11.1. The summed E-state index contributed by atoms with van der Waals surface area (Å²) >= 11 is 1.53. The van der Waals surface area contributed by atoms with Crippen LogP contribution in [0.3, 0.4) is 0 Å². The Morgan fingerprint density at radius 1 is 1.58 bits per heavy atom. The van der Waals surface area contributed by atoms with Gasteiger partial charge in [0.05, 0.1) is 11.7 Å². The first-order chi connectivity index (χ1) is 9.11. The molecule has 1 unspecified atom stereocenters. The molecule has 0 amide bonds. The van der Waals surface area contributed by atoms with Crippen LogP contribution in [0.4, 0.5) is 11.5 Å². The van der Waals surface area contributed by atoms with Gasteiger partial charge in [0.2, 0.25) is 0 Å². The third kappa shape index (κ3) is 3.00. The van der Waals surface area contributed by atoms with E-state index in [2.05, 4.69) is 15.3 Å². The molecule has 0 aliphatic heterocycles. The van der Waals surface area contributed by atoms with E-state index in [0.29, 0.717) is 11.5 Å². The average molecular weight is 278 g/mol. The third-order valence-corrected chi connectivity index (χ3v) is 3.50. The maximum atomic E-state index is 10.9. The number of pyridine rings is 1. The molecule has 0 saturated heterocycles. The summed E-state index contributed by atoms with van der Waals surface area (Å²) in [7, 11) is 0. The van der Waals surface area contributed by atoms with E-state index in [-0.39, 0.29) is 11.7 Å². The summed E-state index contributed by atoms with van der Waals surface area (Å²) in [6.45, 7) is 2.01. The Kier molecular flexibility index (Phi) is 3.96. The number of nitrogens with two attached hydrogens (primary N) is 1. The molecule has 7 heteroatoms. The van der Waals surface area contributed by atoms with Gasteiger partial charge in [-0.15, -0.1) is 11.3 Å². The molecule has 0 aliphatic carbocycles. The lowest BCUT2D eigenvalue weighted by atomic mass is 10.2. The van der Waals surface area contributed by atoms with Crippen molar-refractivity contribution in [2.45, 2.75) is 19.4 Å². The Morgan fingerprint density at radius 3 is 2.95 bits per heavy atom. The number of aromatic nitrogens is 2. The second kappa shape index (κ2) is 5.66. The van der Waals surface area contributed by atoms with Crippen molar-refractivity contribution in [2.75, 3.05) is 11.1 Å². The fourth-order valence-electron chi connectivity index (χ4n) is 1.61. The molecule has 0 saturated carbocycles. The number of aromatic carboxylic acids is 1. The summed E-state index contributed by atoms with van der Waals surface area (Å²) in [5, 5.41) is 14.9. The van der Waals surface area contributed by atoms with Crippen LogP contribution in [0.5, 0.6) is 0 Å². The Hall–Kier alpha value is -2.15. The van der Waals surface area contributed by atoms with Crippen LogP contribution in [0.25, 0.3) is 0 Å². The van der Waals surface area contributed by atoms with Crippen molar-refractivity contribution >= 4 is 28.8 Å². The molecule has 0 bridgehead atoms. The average Bonchev–Trinajstić information content (AvgIpc) is 2.91. The lowest BCUT2D eigenvalue weighted by molar-refractivity contribution is 0.0690. The molecule has 100 valence electrons. The van der Waals surface area contributed by atoms with Gasteiger partial charge in [-0.25, -0.2) is 14.8 Å². The van der Waals surface area contributed by atoms with E-state index in [4.69, 9.17) is 10.8 Å². The lowest BCUT2D eigenvalue weighted by Crippen LogP contribution is -2.13. The molecule has 19 heavy (non-hydrogen) atoms. The molecule has 0 radical (unpaired) electrons. The van der Waals surface area contributed by atoms with Crippen LogP contribution < -0.4 is 11.1 Å². The van der Waals surface area contributed by atoms with Gasteiger partial charge in [-0.2, -0.15) is 0 Å². The number of thiazole rings is 1. The fourth-order valence-corrected chi connectivity index (χ4v) is 2.39. The largest absolute Gasteiger partial charge is 0.477 e. The van der Waals surface area contributed by atoms with Gasteiger partial charge in [0.1, 0.15) is 5.01 Å². The maximum absolute atomic E-state index is 10.9. The molecule has 2 heterocycles. The van der Waals surface area contributed by atoms with Crippen LogP contribution >= 0.6 is 11.3 Å². The molecule has 0 aromatic carbocycles. The molecular formula is C12H14N4O2S. The monoisotopic (exact) mass is 278 g/mol. The molecule has 1 atom stereocenters. The summed E-state index contributed by atoms with van der Waals surface area (Å²) in [6.07, 6.45) is 2.53. The second-order valence-electron chi connectivity index (χ2n) is 3.91. The summed E-state index contributed by atoms with van der Waals surface area (Å²) in [5.74, 6) is -0.702. The highest BCUT2D eigenvalue weighted by Gasteiger charge is 2.15. The molecule has 2 aromatic heterocycles. The van der Waals surface area contributed by atoms with Gasteiger partial charge < -0.3 is 16.2 Å². The van der Waals surface area contributed by atoms with Gasteiger partial charge in [-0.3, -0.25) is 0 Å². The number of hydrogen-bond acceptors (Lipinski definition) is 6. The Morgan fingerprint density at radius 2 is 2.37 bits per heavy atom. The minimum atomic E-state index is -1.08. The van der Waals surface area contributed by atoms with Crippen molar-refractivity contribution in [3.63, 3.8) is 0 Å². The van der Waals surface area contributed by atoms with E-state index in [1.807, 2.05) is 12.3 Å². The normalized spacial score (nSPS) is 12.1. The maximum Gasteiger partial charge on any atom is 0.354 e. The van der Waals surface area contributed by atoms with E-state index in [1.54, 1.807) is 6.20 Å². The highest BCUT2D eigenvalue weighted by Crippen LogP contribution is 2.26. The molecule has 6 nitrogen and oxygen atoms in total. The van der Waals surface area contributed by atoms with Crippen LogP contribution in [0.1, 0.15) is 34.9 Å². The summed E-state index contributed by atoms with van der Waals surface area (Å²) in [5.41, 5.74) is 6.19. The van der Waals surface area contributed by atoms with Gasteiger partial charge in [0, 0.05) is 11.6 Å². The smallest absolute Gasteiger partial charge is 0.354 e. The second-order valence-corrected chi connectivity index (χ2v) is 4.84. The Bertz CT molecular complexity index is 571. The fraction of sp³-hybridized carbons (Fsp3) is 0.250. The van der Waals surface area contributed by atoms with Crippen molar-refractivity contribution in [1.82, 2.24) is 9.97 Å². The number of nitrogens with one attached hydrogen (secondary N) is 1. The highest BCUT2D eigenvalue weighted by molar-refractivity contribution is 7.09. The van der Waals surface area contributed by atoms with Crippen molar-refractivity contribution < 1.29 is 9.90 Å². The highest BCUT2D eigenvalue weighted by atomic mass is 32.1. The van der Waals surface area contributed by atoms with Crippen LogP contribution in [0.2, 0.25) is 0 Å². The first kappa shape index (κ1) is 13.3. The van der Waals surface area contributed by atoms with Crippen LogP contribution in [0.15, 0.2) is 23.7 Å². The lowest BCUT2D eigenvalue weighted by Gasteiger charge is -2.16. The van der Waals surface area contributed by atoms with Crippen molar-refractivity contribution in [3.8, 4) is 0 Å². The first-order valence-corrected chi connectivity index (χ1v) is 6.65. The Labute approximate surface area is 114 Å². The number of nitrogen functional groups attached to an aromatic ring is 1. The topological polar surface area (TPSA) is 101 Å². The molecule has 0 aliphatic rings. The summed E-state index contributed by atoms with van der Waals surface area (Å²) < 4.78 is 0. The predicted octanol–water partition coefficient (Wildman–Crippen LogP) is 2.38. The van der Waals surface area contributed by atoms with Gasteiger partial charge in [-0.1, -0.05) is 6.92 Å². The van der Waals surface area contributed by atoms with Crippen molar-refractivity contribution in [1.29, 1.82) is 0 Å². The van der Waals surface area contributed by atoms with E-state index in [9.17, 15) is 4.79 Å². The standard InChI is InChI=1S/C12H14N4O2S/c1-2-8(11-14-5-6-19-11)15-10-7(13)3-4-9(16-10)12(17)18/h3-6,8H,2,13H2,1H3,(H,15,16)(H,17,18). The molecule has 0 fully saturated rings. The number of carboxylic acid groups (broad SMARTS) is 1. The zero-order valence-electron chi connectivity index (χ0n) is 10.3. The van der Waals surface area contributed by atoms with Crippen molar-refractivity contribution in [2.24, 2.45) is 0 Å². The van der Waals surface area contributed by atoms with E-state index < -0.39 is 5.97 Å². The van der Waals surface area contributed by atoms with Crippen molar-refractivity contribution in [3.05, 3.63) is 34.4 Å². The third-order valence-electron chi connectivity index (χ3n) is 2.61. The molecular weight excluding hydrogens is 264 g/mol. The number of anilines is 2. The number of rotatable bonds is 5. The van der Waals surface area contributed by atoms with E-state index in [1.165, 1.54) is 23.5 Å². The molecule has 4 N–H and O–H groups in total. The van der Waals surface area contributed by atoms with E-state index >= 15 is 0 Å². The van der Waals surface area contributed by atoms with Gasteiger partial charge in [0.15, 0.2) is 11.5 Å². The predicted molar refractivity (Wildman–Crippen MR) is 74.4 cm³/mol. The number of carbonyl (C=O) groups is 1. The van der Waals surface area contributed by atoms with E-state index in [0.717, 1.165) is 11.4 Å². The first-order valence-electron chi connectivity index (χ1n) is 5.77. The zero-order chi connectivity index (χ0) is 13.8. The van der Waals surface area contributed by atoms with Crippen LogP contribution in [-0.2, 0) is 0 Å². The minimum absolute atomic E-state index is 0.0288. The summed E-state index contributed by atoms with van der Waals surface area (Å²) in [6, 6.07) is 2.89. The minimum Gasteiger partial charge on any atom is -0.477 e. The molecule has 2 rings (SSSR count). The van der Waals surface area contributed by atoms with Gasteiger partial charge in [-0.05, 0) is 18.6 Å². The number of hydrogen-bond donors (Lipinski definition) is 3. The summed E-state index contributed by atoms with van der Waals surface area (Å²) in [4.78, 5) is 19.2.